The number of carbonyl (C=O) groups excluding carboxylic acids is 1. The van der Waals surface area contributed by atoms with E-state index in [2.05, 4.69) is 0 Å². The van der Waals surface area contributed by atoms with Crippen LogP contribution < -0.4 is 0 Å². The number of hydrogen-bond donors (Lipinski definition) is 0. The number of halogens is 3. The summed E-state index contributed by atoms with van der Waals surface area (Å²) >= 11 is 12.4. The van der Waals surface area contributed by atoms with Gasteiger partial charge >= 0.3 is 0 Å². The molecule has 24 heavy (non-hydrogen) atoms. The fourth-order valence-electron chi connectivity index (χ4n) is 3.05. The molecule has 1 saturated carbocycles. The molecule has 1 aliphatic rings. The quantitative estimate of drug-likeness (QED) is 0.551. The van der Waals surface area contributed by atoms with Gasteiger partial charge < -0.3 is 0 Å². The van der Waals surface area contributed by atoms with E-state index in [-0.39, 0.29) is 16.1 Å². The van der Waals surface area contributed by atoms with Crippen molar-refractivity contribution >= 4 is 40.0 Å². The first-order valence-corrected chi connectivity index (χ1v) is 8.52. The lowest BCUT2D eigenvalue weighted by atomic mass is 10.1. The molecule has 0 N–H and O–H groups in total. The molecule has 4 rings (SSSR count). The van der Waals surface area contributed by atoms with Crippen LogP contribution in [0.25, 0.3) is 10.9 Å². The number of nitrogens with zero attached hydrogens (tertiary/aromatic N) is 1. The molecule has 0 atom stereocenters. The number of aromatic nitrogens is 1. The Balaban J connectivity index is 1.88. The average Bonchev–Trinajstić information content (AvgIpc) is 3.31. The summed E-state index contributed by atoms with van der Waals surface area (Å²) in [7, 11) is 0. The second-order valence-electron chi connectivity index (χ2n) is 6.26. The van der Waals surface area contributed by atoms with E-state index in [1.54, 1.807) is 31.3 Å². The van der Waals surface area contributed by atoms with E-state index in [0.29, 0.717) is 16.3 Å². The van der Waals surface area contributed by atoms with Crippen LogP contribution in [0.5, 0.6) is 0 Å². The zero-order valence-corrected chi connectivity index (χ0v) is 14.5. The van der Waals surface area contributed by atoms with Crippen LogP contribution in [0.15, 0.2) is 36.5 Å². The topological polar surface area (TPSA) is 22.0 Å². The Hall–Kier alpha value is -1.84. The first-order chi connectivity index (χ1) is 11.5. The van der Waals surface area contributed by atoms with Gasteiger partial charge in [-0.2, -0.15) is 0 Å². The second-order valence-corrected chi connectivity index (χ2v) is 7.04. The van der Waals surface area contributed by atoms with Gasteiger partial charge in [0.25, 0.3) is 5.91 Å². The van der Waals surface area contributed by atoms with Gasteiger partial charge in [0.2, 0.25) is 0 Å². The summed E-state index contributed by atoms with van der Waals surface area (Å²) in [6.45, 7) is 1.80. The molecule has 0 unspecified atom stereocenters. The second kappa shape index (κ2) is 5.61. The number of hydrogen-bond acceptors (Lipinski definition) is 1. The van der Waals surface area contributed by atoms with Crippen LogP contribution in [-0.2, 0) is 0 Å². The van der Waals surface area contributed by atoms with Crippen LogP contribution in [0, 0.1) is 12.7 Å². The number of carbonyl (C=O) groups is 1. The van der Waals surface area contributed by atoms with Gasteiger partial charge in [-0.25, -0.2) is 4.39 Å². The standard InChI is InChI=1S/C19H14Cl2FNO/c1-10-2-5-14(20)16(17(10)21)19(24)23-7-6-12-8-13(11-3-4-11)9-15(22)18(12)23/h2,5-9,11H,3-4H2,1H3. The molecular formula is C19H14Cl2FNO. The zero-order chi connectivity index (χ0) is 17.0. The Labute approximate surface area is 148 Å². The van der Waals surface area contributed by atoms with Crippen LogP contribution >= 0.6 is 23.2 Å². The summed E-state index contributed by atoms with van der Waals surface area (Å²) in [4.78, 5) is 12.9. The fraction of sp³-hybridized carbons (Fsp3) is 0.211. The van der Waals surface area contributed by atoms with Crippen molar-refractivity contribution in [3.05, 3.63) is 69.1 Å². The Bertz CT molecular complexity index is 989. The highest BCUT2D eigenvalue weighted by molar-refractivity contribution is 6.40. The van der Waals surface area contributed by atoms with Gasteiger partial charge in [0.15, 0.2) is 0 Å². The molecule has 0 spiro atoms. The van der Waals surface area contributed by atoms with Gasteiger partial charge in [-0.3, -0.25) is 9.36 Å². The molecule has 1 heterocycles. The smallest absolute Gasteiger partial charge is 0.265 e. The molecule has 2 aromatic carbocycles. The third-order valence-electron chi connectivity index (χ3n) is 4.52. The van der Waals surface area contributed by atoms with Crippen LogP contribution in [0.1, 0.15) is 40.2 Å². The molecule has 1 aromatic heterocycles. The number of aryl methyl sites for hydroxylation is 1. The minimum Gasteiger partial charge on any atom is -0.280 e. The van der Waals surface area contributed by atoms with Gasteiger partial charge in [0, 0.05) is 11.6 Å². The number of benzene rings is 2. The zero-order valence-electron chi connectivity index (χ0n) is 12.9. The summed E-state index contributed by atoms with van der Waals surface area (Å²) < 4.78 is 15.9. The van der Waals surface area contributed by atoms with E-state index in [1.807, 2.05) is 6.07 Å². The van der Waals surface area contributed by atoms with Crippen molar-refractivity contribution in [1.29, 1.82) is 0 Å². The highest BCUT2D eigenvalue weighted by atomic mass is 35.5. The van der Waals surface area contributed by atoms with Crippen LogP contribution in [0.3, 0.4) is 0 Å². The van der Waals surface area contributed by atoms with E-state index in [4.69, 9.17) is 23.2 Å². The van der Waals surface area contributed by atoms with Crippen molar-refractivity contribution in [2.75, 3.05) is 0 Å². The lowest BCUT2D eigenvalue weighted by Crippen LogP contribution is -2.13. The van der Waals surface area contributed by atoms with Gasteiger partial charge in [-0.15, -0.1) is 0 Å². The fourth-order valence-corrected chi connectivity index (χ4v) is 3.58. The van der Waals surface area contributed by atoms with Crippen molar-refractivity contribution in [2.45, 2.75) is 25.7 Å². The van der Waals surface area contributed by atoms with Crippen molar-refractivity contribution in [1.82, 2.24) is 4.57 Å². The van der Waals surface area contributed by atoms with Crippen LogP contribution in [0.4, 0.5) is 4.39 Å². The largest absolute Gasteiger partial charge is 0.280 e. The Morgan fingerprint density at radius 2 is 1.96 bits per heavy atom. The lowest BCUT2D eigenvalue weighted by Gasteiger charge is -2.11. The molecule has 122 valence electrons. The van der Waals surface area contributed by atoms with E-state index in [0.717, 1.165) is 24.0 Å². The highest BCUT2D eigenvalue weighted by Gasteiger charge is 2.26. The molecule has 5 heteroatoms. The SMILES string of the molecule is Cc1ccc(Cl)c(C(=O)n2ccc3cc(C4CC4)cc(F)c32)c1Cl. The number of rotatable bonds is 2. The first-order valence-electron chi connectivity index (χ1n) is 7.77. The molecule has 0 bridgehead atoms. The number of fused-ring (bicyclic) bond motifs is 1. The van der Waals surface area contributed by atoms with E-state index < -0.39 is 11.7 Å². The Morgan fingerprint density at radius 3 is 2.67 bits per heavy atom. The first kappa shape index (κ1) is 15.7. The van der Waals surface area contributed by atoms with E-state index >= 15 is 0 Å². The maximum atomic E-state index is 14.6. The Kier molecular flexibility index (Phi) is 3.66. The third-order valence-corrected chi connectivity index (χ3v) is 5.33. The van der Waals surface area contributed by atoms with Crippen molar-refractivity contribution in [3.63, 3.8) is 0 Å². The normalized spacial score (nSPS) is 14.3. The minimum absolute atomic E-state index is 0.196. The van der Waals surface area contributed by atoms with Gasteiger partial charge in [0.1, 0.15) is 5.82 Å². The Morgan fingerprint density at radius 1 is 1.21 bits per heavy atom. The lowest BCUT2D eigenvalue weighted by molar-refractivity contribution is 0.0964. The molecular weight excluding hydrogens is 348 g/mol. The molecule has 0 aliphatic heterocycles. The van der Waals surface area contributed by atoms with Gasteiger partial charge in [-0.05, 0) is 61.1 Å². The minimum atomic E-state index is -0.429. The molecule has 2 nitrogen and oxygen atoms in total. The van der Waals surface area contributed by atoms with Crippen molar-refractivity contribution in [2.24, 2.45) is 0 Å². The van der Waals surface area contributed by atoms with Gasteiger partial charge in [0.05, 0.1) is 21.1 Å². The molecule has 0 amide bonds. The summed E-state index contributed by atoms with van der Waals surface area (Å²) in [6.07, 6.45) is 3.76. The maximum absolute atomic E-state index is 14.6. The summed E-state index contributed by atoms with van der Waals surface area (Å²) in [5.41, 5.74) is 2.20. The molecule has 0 radical (unpaired) electrons. The van der Waals surface area contributed by atoms with E-state index in [9.17, 15) is 9.18 Å². The van der Waals surface area contributed by atoms with Gasteiger partial charge in [-0.1, -0.05) is 29.3 Å². The molecule has 3 aromatic rings. The summed E-state index contributed by atoms with van der Waals surface area (Å²) in [5, 5.41) is 1.27. The third kappa shape index (κ3) is 2.43. The predicted molar refractivity (Wildman–Crippen MR) is 94.8 cm³/mol. The predicted octanol–water partition coefficient (Wildman–Crippen LogP) is 5.96. The van der Waals surface area contributed by atoms with Crippen molar-refractivity contribution < 1.29 is 9.18 Å². The van der Waals surface area contributed by atoms with Crippen molar-refractivity contribution in [3.8, 4) is 0 Å². The molecule has 1 fully saturated rings. The monoisotopic (exact) mass is 361 g/mol. The average molecular weight is 362 g/mol. The summed E-state index contributed by atoms with van der Waals surface area (Å²) in [5.74, 6) is -0.377. The maximum Gasteiger partial charge on any atom is 0.265 e. The molecule has 0 saturated heterocycles. The molecule has 1 aliphatic carbocycles. The summed E-state index contributed by atoms with van der Waals surface area (Å²) in [6, 6.07) is 8.61. The van der Waals surface area contributed by atoms with Crippen LogP contribution in [0.2, 0.25) is 10.0 Å². The highest BCUT2D eigenvalue weighted by Crippen LogP contribution is 2.41. The van der Waals surface area contributed by atoms with E-state index in [1.165, 1.54) is 10.6 Å². The van der Waals surface area contributed by atoms with Crippen LogP contribution in [-0.4, -0.2) is 10.5 Å².